The SMILES string of the molecule is CC(C)[O-].CC(C)[O-].CC(C)[O-].CC(C)[O-].CCCC(=O)[O-].CCCC(=O)[O-].CCCC(=O)[O-].CCCC(=O)[O-].CCCC(=O)[O-].CCCC(=O)[O-].CCCC(=O)[O-].CCCC(=O)[O-].[Ti+4].[Ti+4].[Ti+4]. The summed E-state index contributed by atoms with van der Waals surface area (Å²) in [6.07, 6.45) is 5.13. The molecule has 0 heterocycles. The standard InChI is InChI=1S/8C4H8O2.4C3H7O.3Ti/c8*1-2-3-4(5)6;4*1-3(2)4;;;/h8*2-3H2,1H3,(H,5,6);4*3H,1-2H3;;;/q;;;;;;;;4*-1;3*+4/p-8. The summed E-state index contributed by atoms with van der Waals surface area (Å²) >= 11 is 0. The summed E-state index contributed by atoms with van der Waals surface area (Å²) < 4.78 is 0. The zero-order valence-electron chi connectivity index (χ0n) is 43.3. The second-order valence-electron chi connectivity index (χ2n) is 13.2. The van der Waals surface area contributed by atoms with E-state index >= 15 is 0 Å². The molecule has 0 amide bonds. The van der Waals surface area contributed by atoms with Gasteiger partial charge < -0.3 is 99.6 Å². The van der Waals surface area contributed by atoms with Crippen molar-refractivity contribution in [1.82, 2.24) is 0 Å². The van der Waals surface area contributed by atoms with Crippen LogP contribution in [0.15, 0.2) is 0 Å². The molecule has 0 N–H and O–H groups in total. The fraction of sp³-hybridized carbons (Fsp3) is 0.818. The summed E-state index contributed by atoms with van der Waals surface area (Å²) in [5.41, 5.74) is 0. The summed E-state index contributed by atoms with van der Waals surface area (Å²) in [6.45, 7) is 27.3. The van der Waals surface area contributed by atoms with E-state index in [2.05, 4.69) is 0 Å². The van der Waals surface area contributed by atoms with Gasteiger partial charge in [-0.25, -0.2) is 0 Å². The molecule has 0 aromatic carbocycles. The Bertz CT molecular complexity index is 758. The molecule has 0 atom stereocenters. The van der Waals surface area contributed by atoms with Crippen molar-refractivity contribution in [2.45, 2.75) is 238 Å². The van der Waals surface area contributed by atoms with Gasteiger partial charge in [-0.2, -0.15) is 0 Å². The molecule has 67 heavy (non-hydrogen) atoms. The predicted octanol–water partition coefficient (Wildman–Crippen LogP) is -4.70. The first-order valence-electron chi connectivity index (χ1n) is 21.3. The molecule has 23 heteroatoms. The molecule has 0 aromatic heterocycles. The van der Waals surface area contributed by atoms with E-state index in [0.29, 0.717) is 51.4 Å². The maximum Gasteiger partial charge on any atom is 4.00 e. The van der Waals surface area contributed by atoms with E-state index in [0.717, 1.165) is 0 Å². The topological polar surface area (TPSA) is 413 Å². The van der Waals surface area contributed by atoms with Crippen molar-refractivity contribution < 1.29 is 165 Å². The van der Waals surface area contributed by atoms with Gasteiger partial charge in [-0.1, -0.05) is 162 Å². The Morgan fingerprint density at radius 2 is 0.284 bits per heavy atom. The van der Waals surface area contributed by atoms with Crippen LogP contribution in [-0.4, -0.2) is 72.2 Å². The van der Waals surface area contributed by atoms with Crippen LogP contribution in [-0.2, 0) is 104 Å². The second-order valence-corrected chi connectivity index (χ2v) is 13.2. The number of carboxylic acid groups (broad SMARTS) is 8. The third-order valence-corrected chi connectivity index (χ3v) is 3.63. The molecule has 0 rings (SSSR count). The van der Waals surface area contributed by atoms with Gasteiger partial charge in [-0.15, -0.1) is 24.4 Å². The van der Waals surface area contributed by atoms with E-state index in [1.165, 1.54) is 0 Å². The van der Waals surface area contributed by atoms with Crippen molar-refractivity contribution in [3.8, 4) is 0 Å². The molecule has 0 unspecified atom stereocenters. The first-order chi connectivity index (χ1) is 29.1. The van der Waals surface area contributed by atoms with E-state index in [1.54, 1.807) is 111 Å². The Kier molecular flexibility index (Phi) is 161. The smallest absolute Gasteiger partial charge is 0.852 e. The van der Waals surface area contributed by atoms with Crippen LogP contribution < -0.4 is 61.3 Å². The van der Waals surface area contributed by atoms with Gasteiger partial charge in [0.2, 0.25) is 0 Å². The molecule has 0 radical (unpaired) electrons. The number of carbonyl (C=O) groups excluding carboxylic acids is 8. The van der Waals surface area contributed by atoms with E-state index in [1.807, 2.05) is 0 Å². The molecule has 0 aliphatic rings. The van der Waals surface area contributed by atoms with Gasteiger partial charge >= 0.3 is 65.2 Å². The molecule has 20 nitrogen and oxygen atoms in total. The van der Waals surface area contributed by atoms with Gasteiger partial charge in [-0.3, -0.25) is 0 Å². The zero-order chi connectivity index (χ0) is 54.2. The van der Waals surface area contributed by atoms with Crippen LogP contribution >= 0.6 is 0 Å². The van der Waals surface area contributed by atoms with Crippen molar-refractivity contribution in [3.63, 3.8) is 0 Å². The maximum atomic E-state index is 9.53. The van der Waals surface area contributed by atoms with E-state index in [9.17, 15) is 99.6 Å². The number of aliphatic carboxylic acids is 8. The Hall–Kier alpha value is -2.26. The van der Waals surface area contributed by atoms with Crippen LogP contribution in [0.25, 0.3) is 0 Å². The molecular weight excluding hydrogens is 992 g/mol. The quantitative estimate of drug-likeness (QED) is 0.131. The summed E-state index contributed by atoms with van der Waals surface area (Å²) in [5.74, 6) is -7.69. The molecule has 0 saturated heterocycles. The number of carbonyl (C=O) groups is 8. The number of carboxylic acids is 8. The van der Waals surface area contributed by atoms with Crippen molar-refractivity contribution in [3.05, 3.63) is 0 Å². The second kappa shape index (κ2) is 101. The molecule has 0 aromatic rings. The third kappa shape index (κ3) is 514. The Labute approximate surface area is 447 Å². The molecule has 0 aliphatic carbocycles. The summed E-state index contributed by atoms with van der Waals surface area (Å²) in [6, 6.07) is 0. The molecule has 0 bridgehead atoms. The summed E-state index contributed by atoms with van der Waals surface area (Å²) in [7, 11) is 0. The van der Waals surface area contributed by atoms with Crippen LogP contribution in [0.2, 0.25) is 0 Å². The fourth-order valence-corrected chi connectivity index (χ4v) is 1.63. The average molecular weight is 1080 g/mol. The predicted molar refractivity (Wildman–Crippen MR) is 220 cm³/mol. The molecule has 0 saturated carbocycles. The maximum absolute atomic E-state index is 9.53. The van der Waals surface area contributed by atoms with Gasteiger partial charge in [0.25, 0.3) is 0 Å². The fourth-order valence-electron chi connectivity index (χ4n) is 1.63. The van der Waals surface area contributed by atoms with Gasteiger partial charge in [-0.05, 0) is 51.4 Å². The van der Waals surface area contributed by atoms with Gasteiger partial charge in [0.05, 0.1) is 0 Å². The van der Waals surface area contributed by atoms with E-state index in [4.69, 9.17) is 0 Å². The number of rotatable bonds is 16. The van der Waals surface area contributed by atoms with Gasteiger partial charge in [0.15, 0.2) is 0 Å². The number of hydrogen-bond acceptors (Lipinski definition) is 20. The van der Waals surface area contributed by atoms with Crippen LogP contribution in [0, 0.1) is 0 Å². The van der Waals surface area contributed by atoms with Crippen molar-refractivity contribution >= 4 is 47.8 Å². The van der Waals surface area contributed by atoms with Crippen molar-refractivity contribution in [2.75, 3.05) is 0 Å². The van der Waals surface area contributed by atoms with E-state index < -0.39 is 72.2 Å². The Morgan fingerprint density at radius 3 is 0.284 bits per heavy atom. The van der Waals surface area contributed by atoms with Crippen LogP contribution in [0.4, 0.5) is 0 Å². The minimum absolute atomic E-state index is 0. The molecule has 0 aliphatic heterocycles. The third-order valence-electron chi connectivity index (χ3n) is 3.63. The van der Waals surface area contributed by atoms with Gasteiger partial charge in [0, 0.05) is 47.8 Å². The van der Waals surface area contributed by atoms with E-state index in [-0.39, 0.29) is 117 Å². The van der Waals surface area contributed by atoms with Crippen LogP contribution in [0.5, 0.6) is 0 Å². The van der Waals surface area contributed by atoms with Crippen LogP contribution in [0.1, 0.15) is 214 Å². The monoisotopic (exact) mass is 1080 g/mol. The molecule has 0 spiro atoms. The Balaban J connectivity index is -0.0000000338. The molecular formula is C44H84O20Ti3. The minimum atomic E-state index is -0.961. The molecule has 0 fully saturated rings. The van der Waals surface area contributed by atoms with Gasteiger partial charge in [0.1, 0.15) is 0 Å². The first-order valence-corrected chi connectivity index (χ1v) is 21.3. The zero-order valence-corrected chi connectivity index (χ0v) is 48.0. The average Bonchev–Trinajstić information content (AvgIpc) is 3.05. The number of hydrogen-bond donors (Lipinski definition) is 0. The molecule has 392 valence electrons. The van der Waals surface area contributed by atoms with Crippen LogP contribution in [0.3, 0.4) is 0 Å². The summed E-state index contributed by atoms with van der Waals surface area (Å²) in [5, 5.41) is 114. The van der Waals surface area contributed by atoms with Crippen molar-refractivity contribution in [2.24, 2.45) is 0 Å². The summed E-state index contributed by atoms with van der Waals surface area (Å²) in [4.78, 5) is 75.9. The first kappa shape index (κ1) is 106. The largest absolute Gasteiger partial charge is 4.00 e. The normalized spacial score (nSPS) is 8.00. The minimum Gasteiger partial charge on any atom is -0.852 e. The Morgan fingerprint density at radius 1 is 0.239 bits per heavy atom. The van der Waals surface area contributed by atoms with Crippen molar-refractivity contribution in [1.29, 1.82) is 0 Å².